The Balaban J connectivity index is 1.50. The van der Waals surface area contributed by atoms with Crippen molar-refractivity contribution in [2.75, 3.05) is 55.9 Å². The number of hydrogen-bond donors (Lipinski definition) is 0. The first kappa shape index (κ1) is 40.1. The predicted molar refractivity (Wildman–Crippen MR) is 230 cm³/mol. The van der Waals surface area contributed by atoms with E-state index in [0.29, 0.717) is 22.4 Å². The van der Waals surface area contributed by atoms with E-state index in [1.54, 1.807) is 14.2 Å². The number of allylic oxidation sites excluding steroid dienone is 2. The van der Waals surface area contributed by atoms with E-state index in [4.69, 9.17) is 43.5 Å². The fraction of sp³-hybridized carbons (Fsp3) is 0.333. The summed E-state index contributed by atoms with van der Waals surface area (Å²) in [5, 5.41) is 0. The molecule has 0 fully saturated rings. The molecule has 6 rings (SSSR count). The molecule has 10 heteroatoms. The minimum absolute atomic E-state index is 0.537. The van der Waals surface area contributed by atoms with Crippen LogP contribution >= 0.6 is 34.1 Å². The van der Waals surface area contributed by atoms with E-state index in [0.717, 1.165) is 67.0 Å². The zero-order chi connectivity index (χ0) is 38.2. The third kappa shape index (κ3) is 6.04. The molecule has 0 aromatic heterocycles. The number of ether oxygens (including phenoxy) is 2. The summed E-state index contributed by atoms with van der Waals surface area (Å²) in [7, 11) is 39.1. The molecule has 0 N–H and O–H groups in total. The van der Waals surface area contributed by atoms with Gasteiger partial charge in [-0.05, 0) is 0 Å². The van der Waals surface area contributed by atoms with Crippen LogP contribution in [0.2, 0.25) is 13.1 Å². The summed E-state index contributed by atoms with van der Waals surface area (Å²) >= 11 is 0. The van der Waals surface area contributed by atoms with Crippen LogP contribution in [0.25, 0.3) is 34.4 Å². The molecule has 2 atom stereocenters. The average Bonchev–Trinajstić information content (AvgIpc) is 3.62. The Labute approximate surface area is 320 Å². The summed E-state index contributed by atoms with van der Waals surface area (Å²) in [4.78, 5) is 0. The maximum absolute atomic E-state index is 8.54. The topological polar surface area (TPSA) is 18.5 Å². The zero-order valence-corrected chi connectivity index (χ0v) is 38.7. The third-order valence-electron chi connectivity index (χ3n) is 12.3. The Bertz CT molecular complexity index is 2010. The molecule has 277 valence electrons. The van der Waals surface area contributed by atoms with Gasteiger partial charge in [-0.1, -0.05) is 0 Å². The second-order valence-electron chi connectivity index (χ2n) is 17.0. The molecular formula is C42H53Cl4N2O2SiZr+2. The fourth-order valence-corrected chi connectivity index (χ4v) is 52.0. The summed E-state index contributed by atoms with van der Waals surface area (Å²) in [6.45, 7) is 9.69. The van der Waals surface area contributed by atoms with Gasteiger partial charge in [-0.25, -0.2) is 0 Å². The van der Waals surface area contributed by atoms with Crippen molar-refractivity contribution >= 4 is 63.5 Å². The quantitative estimate of drug-likeness (QED) is 0.0849. The third-order valence-corrected chi connectivity index (χ3v) is 94.7. The van der Waals surface area contributed by atoms with Crippen LogP contribution in [-0.2, 0) is 19.7 Å². The first-order valence-corrected chi connectivity index (χ1v) is 40.6. The van der Waals surface area contributed by atoms with Crippen LogP contribution in [0.5, 0.6) is 0 Å². The van der Waals surface area contributed by atoms with Gasteiger partial charge in [0.1, 0.15) is 0 Å². The fourth-order valence-electron chi connectivity index (χ4n) is 9.37. The molecule has 0 amide bonds. The molecule has 52 heavy (non-hydrogen) atoms. The van der Waals surface area contributed by atoms with E-state index >= 15 is 0 Å². The van der Waals surface area contributed by atoms with Crippen molar-refractivity contribution in [1.29, 1.82) is 0 Å². The van der Waals surface area contributed by atoms with Crippen molar-refractivity contribution in [2.45, 2.75) is 34.2 Å². The van der Waals surface area contributed by atoms with Crippen molar-refractivity contribution < 1.29 is 19.7 Å². The molecule has 2 aliphatic rings. The molecule has 0 radical (unpaired) electrons. The summed E-state index contributed by atoms with van der Waals surface area (Å²) in [6.07, 6.45) is 4.45. The van der Waals surface area contributed by atoms with E-state index in [-0.39, 0.29) is 0 Å². The van der Waals surface area contributed by atoms with Crippen molar-refractivity contribution in [3.63, 3.8) is 0 Å². The zero-order valence-electron chi connectivity index (χ0n) is 32.1. The van der Waals surface area contributed by atoms with Gasteiger partial charge in [0.25, 0.3) is 0 Å². The number of fused-ring (bicyclic) bond motifs is 2. The van der Waals surface area contributed by atoms with Crippen LogP contribution in [0.1, 0.15) is 43.4 Å². The van der Waals surface area contributed by atoms with Gasteiger partial charge < -0.3 is 0 Å². The van der Waals surface area contributed by atoms with E-state index < -0.39 is 23.4 Å². The maximum atomic E-state index is 8.54. The Hall–Kier alpha value is -1.54. The predicted octanol–water partition coefficient (Wildman–Crippen LogP) is 12.3. The normalized spacial score (nSPS) is 19.6. The summed E-state index contributed by atoms with van der Waals surface area (Å²) < 4.78 is 11.1. The summed E-state index contributed by atoms with van der Waals surface area (Å²) in [5.41, 5.74) is 13.0. The van der Waals surface area contributed by atoms with Gasteiger partial charge in [0, 0.05) is 0 Å². The van der Waals surface area contributed by atoms with E-state index in [2.05, 4.69) is 152 Å². The number of quaternary nitrogens is 2. The molecule has 0 aliphatic heterocycles. The Morgan fingerprint density at radius 2 is 0.923 bits per heavy atom. The first-order valence-electron chi connectivity index (χ1n) is 18.0. The van der Waals surface area contributed by atoms with Crippen molar-refractivity contribution in [3.05, 3.63) is 118 Å². The number of hydrogen-bond acceptors (Lipinski definition) is 2. The standard InChI is InChI=1S/2C20H23NO.C2H7Si.4ClH.Zr/c2*1-15-12-17-6-5-7-19(20(17)13-15)16-8-10-18(11-9-16)21(2,3)14-22-4;1-3-2;;;;;/h2*5-13H,14H2,1-4H3;3H,1-2H3;4*1H;/q2*+1;;;;;;+4/p-4. The molecule has 2 aliphatic carbocycles. The van der Waals surface area contributed by atoms with E-state index in [1.165, 1.54) is 0 Å². The van der Waals surface area contributed by atoms with Gasteiger partial charge in [0.15, 0.2) is 0 Å². The second-order valence-corrected chi connectivity index (χ2v) is 96.8. The summed E-state index contributed by atoms with van der Waals surface area (Å²) in [6, 6.07) is 30.2. The molecule has 4 nitrogen and oxygen atoms in total. The first-order chi connectivity index (χ1) is 24.0. The van der Waals surface area contributed by atoms with E-state index in [1.807, 2.05) is 0 Å². The van der Waals surface area contributed by atoms with Gasteiger partial charge >= 0.3 is 323 Å². The Morgan fingerprint density at radius 1 is 0.577 bits per heavy atom. The SMILES string of the molecule is COC[N+](C)(C)c1ccc(-c2cccc3c2C=C(C)[CH]3[Zr]([Cl])([Cl])([Cl])([Cl])([CH]2C(C)=Cc3c(-c4ccc([N+](C)(C)COC)cc4)cccc32)[SiH](C)C)cc1. The van der Waals surface area contributed by atoms with E-state index in [9.17, 15) is 0 Å². The number of nitrogens with zero attached hydrogens (tertiary/aromatic N) is 2. The summed E-state index contributed by atoms with van der Waals surface area (Å²) in [5.74, 6) is -2.35. The number of benzene rings is 4. The number of methoxy groups -OCH3 is 2. The Kier molecular flexibility index (Phi) is 9.63. The second kappa shape index (κ2) is 12.5. The molecular weight excluding hydrogens is 826 g/mol. The number of rotatable bonds is 11. The van der Waals surface area contributed by atoms with Gasteiger partial charge in [-0.15, -0.1) is 0 Å². The molecule has 0 bridgehead atoms. The molecule has 4 aromatic rings. The van der Waals surface area contributed by atoms with Crippen LogP contribution in [0.3, 0.4) is 0 Å². The van der Waals surface area contributed by atoms with Gasteiger partial charge in [-0.2, -0.15) is 0 Å². The van der Waals surface area contributed by atoms with Gasteiger partial charge in [0.05, 0.1) is 0 Å². The van der Waals surface area contributed by atoms with Crippen LogP contribution in [0.15, 0.2) is 96.1 Å². The van der Waals surface area contributed by atoms with Crippen LogP contribution in [0.4, 0.5) is 11.4 Å². The molecule has 2 unspecified atom stereocenters. The van der Waals surface area contributed by atoms with Crippen LogP contribution in [0, 0.1) is 0 Å². The van der Waals surface area contributed by atoms with Crippen LogP contribution in [-0.4, -0.2) is 61.8 Å². The van der Waals surface area contributed by atoms with Crippen LogP contribution < -0.4 is 8.97 Å². The average molecular weight is 879 g/mol. The minimum atomic E-state index is -7.09. The van der Waals surface area contributed by atoms with Crippen molar-refractivity contribution in [1.82, 2.24) is 8.97 Å². The molecule has 0 spiro atoms. The molecule has 0 saturated carbocycles. The molecule has 4 aromatic carbocycles. The Morgan fingerprint density at radius 3 is 1.23 bits per heavy atom. The molecule has 0 saturated heterocycles. The molecule has 0 heterocycles. The van der Waals surface area contributed by atoms with Gasteiger partial charge in [0.2, 0.25) is 0 Å². The van der Waals surface area contributed by atoms with Gasteiger partial charge in [-0.3, -0.25) is 0 Å². The van der Waals surface area contributed by atoms with Crippen molar-refractivity contribution in [2.24, 2.45) is 0 Å². The number of halogens is 4. The van der Waals surface area contributed by atoms with Crippen molar-refractivity contribution in [3.8, 4) is 22.3 Å². The monoisotopic (exact) mass is 875 g/mol.